The number of nitrogens with one attached hydrogen (secondary N) is 1. The molecule has 1 atom stereocenters. The molecule has 2 aliphatic rings. The van der Waals surface area contributed by atoms with Gasteiger partial charge < -0.3 is 24.8 Å². The maximum absolute atomic E-state index is 12.9. The quantitative estimate of drug-likeness (QED) is 0.528. The Bertz CT molecular complexity index is 1320. The van der Waals surface area contributed by atoms with E-state index in [0.717, 1.165) is 24.3 Å². The van der Waals surface area contributed by atoms with Crippen molar-refractivity contribution in [2.75, 3.05) is 45.2 Å². The number of aromatic nitrogens is 3. The topological polar surface area (TPSA) is 114 Å². The van der Waals surface area contributed by atoms with Gasteiger partial charge in [-0.3, -0.25) is 14.3 Å². The minimum Gasteiger partial charge on any atom is -0.491 e. The van der Waals surface area contributed by atoms with Gasteiger partial charge in [0.2, 0.25) is 5.62 Å². The van der Waals surface area contributed by atoms with Crippen molar-refractivity contribution in [2.24, 2.45) is 4.99 Å². The number of aliphatic hydroxyl groups is 1. The predicted octanol–water partition coefficient (Wildman–Crippen LogP) is 1.75. The number of hydrogen-bond donors (Lipinski definition) is 2. The van der Waals surface area contributed by atoms with Crippen LogP contribution in [0.5, 0.6) is 11.5 Å². The van der Waals surface area contributed by atoms with E-state index in [1.165, 1.54) is 12.8 Å². The van der Waals surface area contributed by atoms with Crippen molar-refractivity contribution >= 4 is 22.6 Å². The van der Waals surface area contributed by atoms with Gasteiger partial charge in [-0.05, 0) is 57.1 Å². The van der Waals surface area contributed by atoms with Gasteiger partial charge in [0.1, 0.15) is 24.0 Å². The van der Waals surface area contributed by atoms with Crippen LogP contribution in [0.15, 0.2) is 35.5 Å². The summed E-state index contributed by atoms with van der Waals surface area (Å²) in [5.74, 6) is 1.34. The number of amides is 1. The SMILES string of the molecule is COc1c(OC[C@H](O)CN2CCCC2)ccc2c3n(c(=NC(=O)c4cccnc4C)nc12)CCN3. The van der Waals surface area contributed by atoms with Crippen molar-refractivity contribution in [3.8, 4) is 11.5 Å². The molecule has 1 amide bonds. The zero-order chi connectivity index (χ0) is 24.4. The normalized spacial score (nSPS) is 16.8. The molecule has 35 heavy (non-hydrogen) atoms. The number of fused-ring (bicyclic) bond motifs is 3. The molecule has 2 aliphatic heterocycles. The minimum absolute atomic E-state index is 0.145. The Morgan fingerprint density at radius 1 is 1.26 bits per heavy atom. The van der Waals surface area contributed by atoms with Crippen LogP contribution in [0.3, 0.4) is 0 Å². The van der Waals surface area contributed by atoms with Crippen LogP contribution in [0.25, 0.3) is 10.9 Å². The van der Waals surface area contributed by atoms with E-state index in [9.17, 15) is 9.90 Å². The third kappa shape index (κ3) is 4.71. The number of aryl methyl sites for hydroxylation is 1. The fourth-order valence-electron chi connectivity index (χ4n) is 4.71. The zero-order valence-corrected chi connectivity index (χ0v) is 20.0. The van der Waals surface area contributed by atoms with Gasteiger partial charge in [0, 0.05) is 31.2 Å². The molecule has 1 aromatic carbocycles. The molecule has 0 unspecified atom stereocenters. The summed E-state index contributed by atoms with van der Waals surface area (Å²) in [6.07, 6.45) is 3.38. The highest BCUT2D eigenvalue weighted by Crippen LogP contribution is 2.37. The Labute approximate surface area is 203 Å². The molecule has 0 spiro atoms. The van der Waals surface area contributed by atoms with Crippen molar-refractivity contribution in [3.63, 3.8) is 0 Å². The maximum Gasteiger partial charge on any atom is 0.282 e. The molecule has 184 valence electrons. The second-order valence-corrected chi connectivity index (χ2v) is 8.86. The fraction of sp³-hybridized carbons (Fsp3) is 0.440. The maximum atomic E-state index is 12.9. The number of aliphatic hydroxyl groups excluding tert-OH is 1. The monoisotopic (exact) mass is 478 g/mol. The molecule has 1 fully saturated rings. The summed E-state index contributed by atoms with van der Waals surface area (Å²) >= 11 is 0. The summed E-state index contributed by atoms with van der Waals surface area (Å²) in [7, 11) is 1.55. The van der Waals surface area contributed by atoms with E-state index in [-0.39, 0.29) is 12.2 Å². The molecular weight excluding hydrogens is 448 g/mol. The van der Waals surface area contributed by atoms with Crippen molar-refractivity contribution < 1.29 is 19.4 Å². The number of likely N-dealkylation sites (tertiary alicyclic amines) is 1. The molecule has 0 bridgehead atoms. The van der Waals surface area contributed by atoms with Crippen LogP contribution in [0.4, 0.5) is 5.82 Å². The number of ether oxygens (including phenoxy) is 2. The standard InChI is InChI=1S/C25H30N6O4/c1-16-18(6-5-9-26-16)24(33)29-25-28-21-19(23-27-10-13-31(23)25)7-8-20(22(21)34-2)35-15-17(32)14-30-11-3-4-12-30/h5-9,17,27,32H,3-4,10-15H2,1-2H3/t17-/m1/s1. The van der Waals surface area contributed by atoms with Crippen molar-refractivity contribution in [1.29, 1.82) is 0 Å². The van der Waals surface area contributed by atoms with Crippen LogP contribution in [-0.2, 0) is 6.54 Å². The average Bonchev–Trinajstić information content (AvgIpc) is 3.55. The number of anilines is 1. The van der Waals surface area contributed by atoms with E-state index in [0.29, 0.717) is 47.9 Å². The predicted molar refractivity (Wildman–Crippen MR) is 131 cm³/mol. The van der Waals surface area contributed by atoms with Gasteiger partial charge in [0.25, 0.3) is 5.91 Å². The highest BCUT2D eigenvalue weighted by Gasteiger charge is 2.22. The summed E-state index contributed by atoms with van der Waals surface area (Å²) in [6, 6.07) is 7.16. The van der Waals surface area contributed by atoms with E-state index < -0.39 is 12.0 Å². The van der Waals surface area contributed by atoms with E-state index in [2.05, 4.69) is 20.2 Å². The summed E-state index contributed by atoms with van der Waals surface area (Å²) in [6.45, 7) is 5.87. The number of nitrogens with zero attached hydrogens (tertiary/aromatic N) is 5. The lowest BCUT2D eigenvalue weighted by atomic mass is 10.2. The van der Waals surface area contributed by atoms with Crippen LogP contribution in [0, 0.1) is 6.92 Å². The Balaban J connectivity index is 1.50. The fourth-order valence-corrected chi connectivity index (χ4v) is 4.71. The Hall–Kier alpha value is -3.50. The number of carbonyl (C=O) groups is 1. The Kier molecular flexibility index (Phi) is 6.65. The van der Waals surface area contributed by atoms with Gasteiger partial charge in [0.15, 0.2) is 11.5 Å². The van der Waals surface area contributed by atoms with Crippen LogP contribution < -0.4 is 20.4 Å². The molecule has 2 aromatic heterocycles. The molecule has 1 saturated heterocycles. The second-order valence-electron chi connectivity index (χ2n) is 8.86. The molecular formula is C25H30N6O4. The molecule has 0 aliphatic carbocycles. The van der Waals surface area contributed by atoms with Crippen molar-refractivity contribution in [2.45, 2.75) is 32.4 Å². The number of rotatable bonds is 7. The number of carbonyl (C=O) groups excluding carboxylic acids is 1. The van der Waals surface area contributed by atoms with Gasteiger partial charge in [0.05, 0.1) is 18.4 Å². The van der Waals surface area contributed by atoms with Crippen LogP contribution in [0.1, 0.15) is 28.9 Å². The van der Waals surface area contributed by atoms with Gasteiger partial charge in [-0.1, -0.05) is 0 Å². The minimum atomic E-state index is -0.607. The van der Waals surface area contributed by atoms with Crippen LogP contribution in [0.2, 0.25) is 0 Å². The Morgan fingerprint density at radius 3 is 2.86 bits per heavy atom. The molecule has 4 heterocycles. The lowest BCUT2D eigenvalue weighted by Crippen LogP contribution is -2.33. The number of hydrogen-bond acceptors (Lipinski definition) is 8. The first-order valence-corrected chi connectivity index (χ1v) is 11.9. The van der Waals surface area contributed by atoms with E-state index in [1.54, 1.807) is 32.4 Å². The molecule has 0 saturated carbocycles. The number of β-amino-alcohol motifs (C(OH)–C–C–N with tert-alkyl or cyclic N) is 1. The number of benzene rings is 1. The largest absolute Gasteiger partial charge is 0.491 e. The van der Waals surface area contributed by atoms with Gasteiger partial charge in [-0.25, -0.2) is 4.98 Å². The van der Waals surface area contributed by atoms with Crippen LogP contribution in [-0.4, -0.2) is 76.4 Å². The number of methoxy groups -OCH3 is 1. The zero-order valence-electron chi connectivity index (χ0n) is 20.0. The van der Waals surface area contributed by atoms with Crippen molar-refractivity contribution in [3.05, 3.63) is 47.3 Å². The van der Waals surface area contributed by atoms with E-state index in [4.69, 9.17) is 14.5 Å². The first-order valence-electron chi connectivity index (χ1n) is 11.9. The average molecular weight is 479 g/mol. The van der Waals surface area contributed by atoms with Gasteiger partial charge >= 0.3 is 0 Å². The summed E-state index contributed by atoms with van der Waals surface area (Å²) in [5, 5.41) is 14.7. The molecule has 10 nitrogen and oxygen atoms in total. The van der Waals surface area contributed by atoms with Crippen LogP contribution >= 0.6 is 0 Å². The second kappa shape index (κ2) is 10.0. The highest BCUT2D eigenvalue weighted by atomic mass is 16.5. The number of pyridine rings is 1. The molecule has 5 rings (SSSR count). The molecule has 2 N–H and O–H groups in total. The van der Waals surface area contributed by atoms with Gasteiger partial charge in [-0.2, -0.15) is 4.99 Å². The highest BCUT2D eigenvalue weighted by molar-refractivity contribution is 5.97. The lowest BCUT2D eigenvalue weighted by Gasteiger charge is -2.20. The first-order chi connectivity index (χ1) is 17.0. The van der Waals surface area contributed by atoms with E-state index in [1.807, 2.05) is 16.7 Å². The van der Waals surface area contributed by atoms with Gasteiger partial charge in [-0.15, -0.1) is 0 Å². The van der Waals surface area contributed by atoms with Crippen molar-refractivity contribution in [1.82, 2.24) is 19.4 Å². The van der Waals surface area contributed by atoms with E-state index >= 15 is 0 Å². The smallest absolute Gasteiger partial charge is 0.282 e. The third-order valence-corrected chi connectivity index (χ3v) is 6.44. The summed E-state index contributed by atoms with van der Waals surface area (Å²) in [5.41, 5.74) is 1.87. The molecule has 3 aromatic rings. The third-order valence-electron chi connectivity index (χ3n) is 6.44. The summed E-state index contributed by atoms with van der Waals surface area (Å²) < 4.78 is 13.5. The Morgan fingerprint density at radius 2 is 2.09 bits per heavy atom. The molecule has 10 heteroatoms. The summed E-state index contributed by atoms with van der Waals surface area (Å²) in [4.78, 5) is 28.4. The first kappa shape index (κ1) is 23.3. The molecule has 0 radical (unpaired) electrons. The lowest BCUT2D eigenvalue weighted by molar-refractivity contribution is 0.0748.